The van der Waals surface area contributed by atoms with E-state index in [0.717, 1.165) is 5.54 Å². The van der Waals surface area contributed by atoms with Gasteiger partial charge in [-0.1, -0.05) is 75.5 Å². The molecule has 1 heterocycles. The summed E-state index contributed by atoms with van der Waals surface area (Å²) in [6.45, 7) is 9.59. The molecule has 0 bridgehead atoms. The summed E-state index contributed by atoms with van der Waals surface area (Å²) < 4.78 is 2.61. The molecule has 4 aliphatic rings. The number of fused-ring (bicyclic) bond motifs is 3. The number of hydrogen-bond donors (Lipinski definition) is 0. The predicted octanol–water partition coefficient (Wildman–Crippen LogP) is 7.02. The van der Waals surface area contributed by atoms with Gasteiger partial charge in [0.05, 0.1) is 0 Å². The van der Waals surface area contributed by atoms with Gasteiger partial charge in [0.1, 0.15) is 0 Å². The molecular formula is C21H30Cl2N2SiTi-2. The molecular weight excluding hydrogens is 427 g/mol. The third-order valence-corrected chi connectivity index (χ3v) is 10.7. The second-order valence-corrected chi connectivity index (χ2v) is 15.4. The fraction of sp³-hybridized carbons (Fsp3) is 0.476. The molecule has 0 radical (unpaired) electrons. The van der Waals surface area contributed by atoms with E-state index in [2.05, 4.69) is 86.3 Å². The number of halogens is 2. The first-order valence-electron chi connectivity index (χ1n) is 9.19. The van der Waals surface area contributed by atoms with Crippen molar-refractivity contribution < 1.29 is 17.0 Å². The van der Waals surface area contributed by atoms with Crippen molar-refractivity contribution in [3.05, 3.63) is 73.8 Å². The standard InChI is InChI=1S/C20H27N2Si.CH3.2ClH.Ti/c1-20(2)21-13-14-22(20)23(3,4)19-17-11-7-5-9-15(17)16-10-6-8-12-18(16)19;;;;/h5-19H,1-4H3;1H3;2*1H;/q2*-1;;;+2/p-2. The van der Waals surface area contributed by atoms with E-state index in [1.54, 1.807) is 0 Å². The Kier molecular flexibility index (Phi) is 7.77. The second kappa shape index (κ2) is 9.09. The number of hydrogen-bond acceptors (Lipinski definition) is 1. The van der Waals surface area contributed by atoms with Gasteiger partial charge in [-0.05, 0) is 41.1 Å². The quantitative estimate of drug-likeness (QED) is 0.322. The molecule has 1 saturated carbocycles. The van der Waals surface area contributed by atoms with Gasteiger partial charge in [-0.2, -0.15) is 6.20 Å². The number of nitrogens with zero attached hydrogens (tertiary/aromatic N) is 2. The van der Waals surface area contributed by atoms with Crippen LogP contribution in [0.2, 0.25) is 18.6 Å². The molecule has 0 N–H and O–H groups in total. The third-order valence-electron chi connectivity index (χ3n) is 6.35. The summed E-state index contributed by atoms with van der Waals surface area (Å²) in [6, 6.07) is 0. The van der Waals surface area contributed by atoms with Crippen LogP contribution in [0.5, 0.6) is 0 Å². The summed E-state index contributed by atoms with van der Waals surface area (Å²) in [7, 11) is 8.07. The molecule has 148 valence electrons. The van der Waals surface area contributed by atoms with Crippen molar-refractivity contribution in [2.24, 2.45) is 23.7 Å². The van der Waals surface area contributed by atoms with Crippen LogP contribution in [0.4, 0.5) is 0 Å². The summed E-state index contributed by atoms with van der Waals surface area (Å²) in [5.74, 6) is 2.65. The Morgan fingerprint density at radius 3 is 1.67 bits per heavy atom. The van der Waals surface area contributed by atoms with Gasteiger partial charge in [-0.25, -0.2) is 0 Å². The molecule has 1 fully saturated rings. The van der Waals surface area contributed by atoms with Gasteiger partial charge in [0, 0.05) is 0 Å². The maximum absolute atomic E-state index is 4.89. The Labute approximate surface area is 183 Å². The number of rotatable bonds is 2. The summed E-state index contributed by atoms with van der Waals surface area (Å²) >= 11 is -0.556. The van der Waals surface area contributed by atoms with Crippen LogP contribution in [-0.4, -0.2) is 18.5 Å². The van der Waals surface area contributed by atoms with Crippen molar-refractivity contribution in [1.82, 2.24) is 4.57 Å². The van der Waals surface area contributed by atoms with Crippen LogP contribution in [0.1, 0.15) is 13.8 Å². The van der Waals surface area contributed by atoms with Crippen molar-refractivity contribution in [1.29, 1.82) is 0 Å². The van der Waals surface area contributed by atoms with Crippen LogP contribution >= 0.6 is 18.6 Å². The Balaban J connectivity index is 0.000000614. The van der Waals surface area contributed by atoms with Gasteiger partial charge in [0.15, 0.2) is 8.24 Å². The Bertz CT molecular complexity index is 635. The van der Waals surface area contributed by atoms with E-state index in [1.165, 1.54) is 0 Å². The van der Waals surface area contributed by atoms with E-state index >= 15 is 0 Å². The molecule has 0 saturated heterocycles. The summed E-state index contributed by atoms with van der Waals surface area (Å²) in [6.07, 6.45) is 23.1. The molecule has 4 rings (SSSR count). The van der Waals surface area contributed by atoms with Crippen LogP contribution in [0.25, 0.3) is 5.32 Å². The average molecular weight is 457 g/mol. The molecule has 0 aromatic carbocycles. The molecule has 0 aromatic heterocycles. The topological polar surface area (TPSA) is 17.3 Å². The molecule has 0 spiro atoms. The molecule has 0 amide bonds. The number of allylic oxidation sites excluding steroid dienone is 8. The van der Waals surface area contributed by atoms with E-state index in [9.17, 15) is 0 Å². The van der Waals surface area contributed by atoms with E-state index in [1.807, 2.05) is 6.20 Å². The molecule has 3 aliphatic carbocycles. The monoisotopic (exact) mass is 456 g/mol. The van der Waals surface area contributed by atoms with E-state index in [-0.39, 0.29) is 13.1 Å². The molecule has 4 unspecified atom stereocenters. The SMILES string of the molecule is CC1(C)[N-]C=CN1[Si](C)(C)C1C2C=CC=CC2C2C=CC=CC21.[CH3-].[Cl][Ti][Cl]. The van der Waals surface area contributed by atoms with Crippen LogP contribution in [0.15, 0.2) is 61.0 Å². The predicted molar refractivity (Wildman–Crippen MR) is 118 cm³/mol. The van der Waals surface area contributed by atoms with Crippen molar-refractivity contribution in [2.45, 2.75) is 38.1 Å². The van der Waals surface area contributed by atoms with Gasteiger partial charge in [-0.15, -0.1) is 0 Å². The van der Waals surface area contributed by atoms with E-state index in [0.29, 0.717) is 23.7 Å². The first-order chi connectivity index (χ1) is 12.3. The zero-order valence-electron chi connectivity index (χ0n) is 16.8. The minimum atomic E-state index is -1.71. The minimum absolute atomic E-state index is 0. The zero-order chi connectivity index (χ0) is 18.9. The van der Waals surface area contributed by atoms with Crippen molar-refractivity contribution >= 4 is 26.8 Å². The summed E-state index contributed by atoms with van der Waals surface area (Å²) in [5.41, 5.74) is 0.628. The first-order valence-corrected chi connectivity index (χ1v) is 16.5. The average Bonchev–Trinajstić information content (AvgIpc) is 3.13. The van der Waals surface area contributed by atoms with Crippen molar-refractivity contribution in [3.8, 4) is 0 Å². The summed E-state index contributed by atoms with van der Waals surface area (Å²) in [5, 5.41) is 4.71. The molecule has 4 atom stereocenters. The second-order valence-electron chi connectivity index (χ2n) is 8.39. The van der Waals surface area contributed by atoms with Crippen LogP contribution < -0.4 is 0 Å². The van der Waals surface area contributed by atoms with Gasteiger partial charge >= 0.3 is 35.6 Å². The van der Waals surface area contributed by atoms with E-state index in [4.69, 9.17) is 23.9 Å². The first kappa shape index (κ1) is 23.1. The third kappa shape index (κ3) is 4.23. The zero-order valence-corrected chi connectivity index (χ0v) is 20.9. The van der Waals surface area contributed by atoms with Gasteiger partial charge < -0.3 is 17.3 Å². The molecule has 6 heteroatoms. The Morgan fingerprint density at radius 2 is 1.30 bits per heavy atom. The molecule has 2 nitrogen and oxygen atoms in total. The van der Waals surface area contributed by atoms with Crippen LogP contribution in [-0.2, 0) is 17.0 Å². The Hall–Kier alpha value is -0.189. The van der Waals surface area contributed by atoms with Crippen LogP contribution in [0.3, 0.4) is 0 Å². The molecule has 27 heavy (non-hydrogen) atoms. The van der Waals surface area contributed by atoms with Gasteiger partial charge in [0.2, 0.25) is 0 Å². The van der Waals surface area contributed by atoms with Gasteiger partial charge in [0.25, 0.3) is 0 Å². The van der Waals surface area contributed by atoms with Crippen molar-refractivity contribution in [2.75, 3.05) is 0 Å². The summed E-state index contributed by atoms with van der Waals surface area (Å²) in [4.78, 5) is 0. The molecule has 1 aliphatic heterocycles. The van der Waals surface area contributed by atoms with Crippen molar-refractivity contribution in [3.63, 3.8) is 0 Å². The van der Waals surface area contributed by atoms with E-state index < -0.39 is 25.3 Å². The Morgan fingerprint density at radius 1 is 0.889 bits per heavy atom. The van der Waals surface area contributed by atoms with Crippen LogP contribution in [0, 0.1) is 31.1 Å². The fourth-order valence-corrected chi connectivity index (χ4v) is 10.3. The molecule has 0 aromatic rings. The normalized spacial score (nSPS) is 34.1. The fourth-order valence-electron chi connectivity index (χ4n) is 5.55. The maximum atomic E-state index is 4.89. The van der Waals surface area contributed by atoms with Gasteiger partial charge in [-0.3, -0.25) is 0 Å².